The summed E-state index contributed by atoms with van der Waals surface area (Å²) in [6, 6.07) is 3.42. The fraction of sp³-hybridized carbons (Fsp3) is 0.500. The van der Waals surface area contributed by atoms with Crippen LogP contribution in [0.4, 0.5) is 0 Å². The minimum Gasteiger partial charge on any atom is -0.478 e. The minimum atomic E-state index is -3.76. The normalized spacial score (nSPS) is 14.7. The molecule has 0 aliphatic rings. The Morgan fingerprint density at radius 3 is 2.52 bits per heavy atom. The largest absolute Gasteiger partial charge is 0.478 e. The Morgan fingerprint density at radius 1 is 1.38 bits per heavy atom. The van der Waals surface area contributed by atoms with Crippen LogP contribution in [0.2, 0.25) is 5.02 Å². The quantitative estimate of drug-likeness (QED) is 0.803. The molecular formula is C14H20ClNO4S. The third-order valence-corrected chi connectivity index (χ3v) is 5.20. The van der Waals surface area contributed by atoms with Crippen molar-refractivity contribution in [2.75, 3.05) is 0 Å². The molecule has 0 amide bonds. The van der Waals surface area contributed by atoms with Gasteiger partial charge in [0, 0.05) is 6.04 Å². The van der Waals surface area contributed by atoms with E-state index in [1.807, 2.05) is 6.92 Å². The van der Waals surface area contributed by atoms with Crippen LogP contribution in [0.25, 0.3) is 0 Å². The van der Waals surface area contributed by atoms with Crippen LogP contribution in [-0.4, -0.2) is 25.5 Å². The van der Waals surface area contributed by atoms with Crippen LogP contribution in [-0.2, 0) is 10.0 Å². The smallest absolute Gasteiger partial charge is 0.337 e. The topological polar surface area (TPSA) is 83.5 Å². The number of hydrogen-bond acceptors (Lipinski definition) is 3. The molecule has 2 atom stereocenters. The summed E-state index contributed by atoms with van der Waals surface area (Å²) < 4.78 is 27.1. The second-order valence-electron chi connectivity index (χ2n) is 5.22. The van der Waals surface area contributed by atoms with Crippen molar-refractivity contribution in [3.05, 3.63) is 28.8 Å². The predicted octanol–water partition coefficient (Wildman–Crippen LogP) is 3.14. The van der Waals surface area contributed by atoms with Gasteiger partial charge >= 0.3 is 5.97 Å². The van der Waals surface area contributed by atoms with Gasteiger partial charge in [-0.2, -0.15) is 0 Å². The molecule has 1 aromatic carbocycles. The SMILES string of the molecule is CCC(C)CC(C)NS(=O)(=O)c1ccc(Cl)c(C(=O)O)c1. The first kappa shape index (κ1) is 17.9. The Balaban J connectivity index is 2.98. The average Bonchev–Trinajstić information content (AvgIpc) is 2.37. The lowest BCUT2D eigenvalue weighted by Crippen LogP contribution is -2.33. The van der Waals surface area contributed by atoms with Gasteiger partial charge in [0.2, 0.25) is 10.0 Å². The Kier molecular flexibility index (Phi) is 6.19. The fourth-order valence-corrected chi connectivity index (χ4v) is 3.47. The van der Waals surface area contributed by atoms with Gasteiger partial charge in [0.15, 0.2) is 0 Å². The predicted molar refractivity (Wildman–Crippen MR) is 82.3 cm³/mol. The van der Waals surface area contributed by atoms with Gasteiger partial charge in [-0.05, 0) is 37.5 Å². The molecule has 0 saturated carbocycles. The summed E-state index contributed by atoms with van der Waals surface area (Å²) in [6.45, 7) is 5.89. The van der Waals surface area contributed by atoms with Crippen molar-refractivity contribution in [1.29, 1.82) is 0 Å². The van der Waals surface area contributed by atoms with Gasteiger partial charge in [0.05, 0.1) is 15.5 Å². The molecule has 0 bridgehead atoms. The lowest BCUT2D eigenvalue weighted by atomic mass is 10.0. The van der Waals surface area contributed by atoms with E-state index in [1.165, 1.54) is 12.1 Å². The number of nitrogens with one attached hydrogen (secondary N) is 1. The fourth-order valence-electron chi connectivity index (χ4n) is 1.99. The van der Waals surface area contributed by atoms with Crippen LogP contribution in [0.5, 0.6) is 0 Å². The maximum atomic E-state index is 12.3. The summed E-state index contributed by atoms with van der Waals surface area (Å²) in [5.41, 5.74) is -0.228. The summed E-state index contributed by atoms with van der Waals surface area (Å²) in [4.78, 5) is 10.9. The Morgan fingerprint density at radius 2 is 2.00 bits per heavy atom. The molecule has 2 unspecified atom stereocenters. The van der Waals surface area contributed by atoms with Gasteiger partial charge in [-0.3, -0.25) is 0 Å². The van der Waals surface area contributed by atoms with Gasteiger partial charge in [0.25, 0.3) is 0 Å². The number of aromatic carboxylic acids is 1. The first-order valence-corrected chi connectivity index (χ1v) is 8.58. The molecular weight excluding hydrogens is 314 g/mol. The summed E-state index contributed by atoms with van der Waals surface area (Å²) in [6.07, 6.45) is 1.69. The number of rotatable bonds is 7. The molecule has 0 heterocycles. The molecule has 7 heteroatoms. The van der Waals surface area contributed by atoms with E-state index >= 15 is 0 Å². The van der Waals surface area contributed by atoms with Crippen LogP contribution in [0.3, 0.4) is 0 Å². The maximum absolute atomic E-state index is 12.3. The average molecular weight is 334 g/mol. The third kappa shape index (κ3) is 4.98. The minimum absolute atomic E-state index is 0.00843. The van der Waals surface area contributed by atoms with Crippen molar-refractivity contribution in [3.63, 3.8) is 0 Å². The molecule has 2 N–H and O–H groups in total. The molecule has 21 heavy (non-hydrogen) atoms. The molecule has 0 radical (unpaired) electrons. The zero-order valence-corrected chi connectivity index (χ0v) is 13.8. The highest BCUT2D eigenvalue weighted by Crippen LogP contribution is 2.21. The van der Waals surface area contributed by atoms with Gasteiger partial charge in [0.1, 0.15) is 0 Å². The van der Waals surface area contributed by atoms with Crippen LogP contribution >= 0.6 is 11.6 Å². The van der Waals surface area contributed by atoms with E-state index in [2.05, 4.69) is 11.6 Å². The lowest BCUT2D eigenvalue weighted by Gasteiger charge is -2.17. The van der Waals surface area contributed by atoms with Gasteiger partial charge in [-0.1, -0.05) is 31.9 Å². The molecule has 0 spiro atoms. The van der Waals surface area contributed by atoms with E-state index in [9.17, 15) is 13.2 Å². The maximum Gasteiger partial charge on any atom is 0.337 e. The molecule has 1 rings (SSSR count). The van der Waals surface area contributed by atoms with E-state index in [-0.39, 0.29) is 21.5 Å². The van der Waals surface area contributed by atoms with E-state index in [4.69, 9.17) is 16.7 Å². The highest BCUT2D eigenvalue weighted by Gasteiger charge is 2.21. The monoisotopic (exact) mass is 333 g/mol. The number of halogens is 1. The van der Waals surface area contributed by atoms with E-state index in [0.29, 0.717) is 5.92 Å². The van der Waals surface area contributed by atoms with Crippen molar-refractivity contribution >= 4 is 27.6 Å². The van der Waals surface area contributed by atoms with Crippen molar-refractivity contribution < 1.29 is 18.3 Å². The number of carboxylic acids is 1. The third-order valence-electron chi connectivity index (χ3n) is 3.29. The molecule has 0 aliphatic carbocycles. The summed E-state index contributed by atoms with van der Waals surface area (Å²) in [5, 5.41) is 9.00. The zero-order chi connectivity index (χ0) is 16.2. The van der Waals surface area contributed by atoms with Gasteiger partial charge < -0.3 is 5.11 Å². The van der Waals surface area contributed by atoms with Crippen LogP contribution < -0.4 is 4.72 Å². The van der Waals surface area contributed by atoms with E-state index in [0.717, 1.165) is 18.9 Å². The highest BCUT2D eigenvalue weighted by atomic mass is 35.5. The Bertz CT molecular complexity index is 615. The zero-order valence-electron chi connectivity index (χ0n) is 12.3. The number of carbonyl (C=O) groups is 1. The van der Waals surface area contributed by atoms with Gasteiger partial charge in [-0.25, -0.2) is 17.9 Å². The van der Waals surface area contributed by atoms with Crippen molar-refractivity contribution in [2.45, 2.75) is 44.6 Å². The number of benzene rings is 1. The van der Waals surface area contributed by atoms with Crippen molar-refractivity contribution in [2.24, 2.45) is 5.92 Å². The number of hydrogen-bond donors (Lipinski definition) is 2. The summed E-state index contributed by atoms with van der Waals surface area (Å²) in [5.74, 6) is -0.854. The Labute approximate surface area is 130 Å². The number of sulfonamides is 1. The summed E-state index contributed by atoms with van der Waals surface area (Å²) in [7, 11) is -3.76. The van der Waals surface area contributed by atoms with Crippen LogP contribution in [0.15, 0.2) is 23.1 Å². The second kappa shape index (κ2) is 7.24. The van der Waals surface area contributed by atoms with Gasteiger partial charge in [-0.15, -0.1) is 0 Å². The molecule has 0 fully saturated rings. The summed E-state index contributed by atoms with van der Waals surface area (Å²) >= 11 is 5.74. The molecule has 0 aromatic heterocycles. The molecule has 0 saturated heterocycles. The number of carboxylic acid groups (broad SMARTS) is 1. The lowest BCUT2D eigenvalue weighted by molar-refractivity contribution is 0.0697. The molecule has 1 aromatic rings. The first-order valence-electron chi connectivity index (χ1n) is 6.72. The first-order chi connectivity index (χ1) is 9.67. The molecule has 5 nitrogen and oxygen atoms in total. The van der Waals surface area contributed by atoms with Crippen molar-refractivity contribution in [1.82, 2.24) is 4.72 Å². The second-order valence-corrected chi connectivity index (χ2v) is 7.34. The van der Waals surface area contributed by atoms with E-state index < -0.39 is 16.0 Å². The molecule has 118 valence electrons. The van der Waals surface area contributed by atoms with Crippen LogP contribution in [0.1, 0.15) is 44.0 Å². The molecule has 0 aliphatic heterocycles. The van der Waals surface area contributed by atoms with E-state index in [1.54, 1.807) is 6.92 Å². The highest BCUT2D eigenvalue weighted by molar-refractivity contribution is 7.89. The van der Waals surface area contributed by atoms with Crippen LogP contribution in [0, 0.1) is 5.92 Å². The standard InChI is InChI=1S/C14H20ClNO4S/c1-4-9(2)7-10(3)16-21(19,20)11-5-6-13(15)12(8-11)14(17)18/h5-6,8-10,16H,4,7H2,1-3H3,(H,17,18). The van der Waals surface area contributed by atoms with Crippen molar-refractivity contribution in [3.8, 4) is 0 Å². The Hall–Kier alpha value is -1.11.